The van der Waals surface area contributed by atoms with Crippen LogP contribution in [0.15, 0.2) is 30.6 Å². The Kier molecular flexibility index (Phi) is 5.35. The highest BCUT2D eigenvalue weighted by atomic mass is 32.2. The van der Waals surface area contributed by atoms with E-state index in [1.807, 2.05) is 29.2 Å². The monoisotopic (exact) mass is 373 g/mol. The van der Waals surface area contributed by atoms with Gasteiger partial charge < -0.3 is 10.2 Å². The average Bonchev–Trinajstić information content (AvgIpc) is 3.24. The first-order chi connectivity index (χ1) is 12.8. The summed E-state index contributed by atoms with van der Waals surface area (Å²) < 4.78 is 1.57. The number of anilines is 1. The van der Waals surface area contributed by atoms with Crippen LogP contribution in [0.1, 0.15) is 12.8 Å². The first-order valence-electron chi connectivity index (χ1n) is 9.01. The predicted molar refractivity (Wildman–Crippen MR) is 102 cm³/mol. The van der Waals surface area contributed by atoms with Gasteiger partial charge in [0.15, 0.2) is 0 Å². The number of thioether (sulfide) groups is 1. The fraction of sp³-hybridized carbons (Fsp3) is 0.529. The summed E-state index contributed by atoms with van der Waals surface area (Å²) in [5.41, 5.74) is 1.56. The van der Waals surface area contributed by atoms with Gasteiger partial charge in [0.25, 0.3) is 0 Å². The van der Waals surface area contributed by atoms with Gasteiger partial charge in [-0.2, -0.15) is 11.8 Å². The summed E-state index contributed by atoms with van der Waals surface area (Å²) in [6.07, 6.45) is 4.09. The van der Waals surface area contributed by atoms with Crippen LogP contribution in [-0.2, 0) is 0 Å². The molecule has 26 heavy (non-hydrogen) atoms. The zero-order chi connectivity index (χ0) is 17.8. The Morgan fingerprint density at radius 2 is 1.96 bits per heavy atom. The summed E-state index contributed by atoms with van der Waals surface area (Å²) in [6, 6.07) is 8.18. The Bertz CT molecular complexity index is 724. The van der Waals surface area contributed by atoms with E-state index >= 15 is 0 Å². The van der Waals surface area contributed by atoms with E-state index in [-0.39, 0.29) is 6.03 Å². The Morgan fingerprint density at radius 3 is 2.69 bits per heavy atom. The van der Waals surface area contributed by atoms with Crippen LogP contribution >= 0.6 is 11.8 Å². The minimum absolute atomic E-state index is 0.0438. The first kappa shape index (κ1) is 17.3. The van der Waals surface area contributed by atoms with Crippen molar-refractivity contribution in [3.63, 3.8) is 0 Å². The molecule has 1 N–H and O–H groups in total. The molecule has 2 amide bonds. The van der Waals surface area contributed by atoms with Crippen LogP contribution < -0.4 is 5.32 Å². The third-order valence-corrected chi connectivity index (χ3v) is 6.07. The summed E-state index contributed by atoms with van der Waals surface area (Å²) in [4.78, 5) is 17.1. The molecule has 4 rings (SSSR count). The summed E-state index contributed by atoms with van der Waals surface area (Å²) in [5, 5.41) is 14.1. The molecule has 0 aliphatic carbocycles. The second-order valence-electron chi connectivity index (χ2n) is 6.60. The maximum absolute atomic E-state index is 12.6. The number of benzene rings is 1. The van der Waals surface area contributed by atoms with Crippen molar-refractivity contribution in [3.05, 3.63) is 30.6 Å². The number of rotatable bonds is 3. The second kappa shape index (κ2) is 8.05. The van der Waals surface area contributed by atoms with Crippen molar-refractivity contribution in [3.8, 4) is 5.69 Å². The van der Waals surface area contributed by atoms with E-state index in [9.17, 15) is 4.79 Å². The van der Waals surface area contributed by atoms with Crippen LogP contribution in [0.3, 0.4) is 0 Å². The molecule has 0 unspecified atom stereocenters. The van der Waals surface area contributed by atoms with Crippen molar-refractivity contribution in [2.24, 2.45) is 0 Å². The Morgan fingerprint density at radius 1 is 1.15 bits per heavy atom. The van der Waals surface area contributed by atoms with Gasteiger partial charge in [-0.15, -0.1) is 5.10 Å². The minimum atomic E-state index is -0.0438. The Hall–Kier alpha value is -2.13. The van der Waals surface area contributed by atoms with Crippen LogP contribution in [0.25, 0.3) is 5.69 Å². The van der Waals surface area contributed by atoms with E-state index in [0.29, 0.717) is 6.04 Å². The van der Waals surface area contributed by atoms with Gasteiger partial charge in [-0.25, -0.2) is 9.48 Å². The molecule has 2 aliphatic rings. The molecule has 138 valence electrons. The van der Waals surface area contributed by atoms with E-state index in [2.05, 4.69) is 37.5 Å². The van der Waals surface area contributed by atoms with Crippen molar-refractivity contribution in [1.29, 1.82) is 0 Å². The molecule has 2 saturated heterocycles. The third-order valence-electron chi connectivity index (χ3n) is 5.02. The van der Waals surface area contributed by atoms with Crippen molar-refractivity contribution in [1.82, 2.24) is 30.0 Å². The SMILES string of the molecule is O=C(Nc1cccc(-n2cnnn2)c1)N1CCN(C2CCSCC2)CC1. The number of hydrogen-bond acceptors (Lipinski definition) is 6. The molecule has 9 heteroatoms. The Labute approximate surface area is 156 Å². The van der Waals surface area contributed by atoms with Crippen molar-refractivity contribution in [2.75, 3.05) is 43.0 Å². The minimum Gasteiger partial charge on any atom is -0.322 e. The van der Waals surface area contributed by atoms with Gasteiger partial charge in [-0.1, -0.05) is 6.07 Å². The number of tetrazole rings is 1. The van der Waals surface area contributed by atoms with E-state index < -0.39 is 0 Å². The third kappa shape index (κ3) is 3.99. The lowest BCUT2D eigenvalue weighted by Gasteiger charge is -2.40. The van der Waals surface area contributed by atoms with Crippen molar-refractivity contribution >= 4 is 23.5 Å². The number of nitrogens with one attached hydrogen (secondary N) is 1. The number of nitrogens with zero attached hydrogens (tertiary/aromatic N) is 6. The van der Waals surface area contributed by atoms with E-state index in [1.165, 1.54) is 30.7 Å². The molecule has 0 atom stereocenters. The summed E-state index contributed by atoms with van der Waals surface area (Å²) >= 11 is 2.05. The van der Waals surface area contributed by atoms with E-state index in [1.54, 1.807) is 4.68 Å². The lowest BCUT2D eigenvalue weighted by Crippen LogP contribution is -2.53. The topological polar surface area (TPSA) is 79.2 Å². The van der Waals surface area contributed by atoms with Crippen LogP contribution in [0, 0.1) is 0 Å². The highest BCUT2D eigenvalue weighted by Gasteiger charge is 2.27. The number of hydrogen-bond donors (Lipinski definition) is 1. The molecule has 3 heterocycles. The van der Waals surface area contributed by atoms with Crippen molar-refractivity contribution < 1.29 is 4.79 Å². The summed E-state index contributed by atoms with van der Waals surface area (Å²) in [7, 11) is 0. The molecule has 1 aromatic heterocycles. The first-order valence-corrected chi connectivity index (χ1v) is 10.2. The fourth-order valence-corrected chi connectivity index (χ4v) is 4.63. The van der Waals surface area contributed by atoms with Crippen LogP contribution in [0.2, 0.25) is 0 Å². The second-order valence-corrected chi connectivity index (χ2v) is 7.83. The van der Waals surface area contributed by atoms with Crippen LogP contribution in [0.4, 0.5) is 10.5 Å². The van der Waals surface area contributed by atoms with Gasteiger partial charge in [-0.3, -0.25) is 4.90 Å². The number of amides is 2. The number of carbonyl (C=O) groups excluding carboxylic acids is 1. The fourth-order valence-electron chi connectivity index (χ4n) is 3.55. The maximum Gasteiger partial charge on any atom is 0.321 e. The molecule has 0 spiro atoms. The maximum atomic E-state index is 12.6. The number of carbonyl (C=O) groups is 1. The zero-order valence-electron chi connectivity index (χ0n) is 14.6. The van der Waals surface area contributed by atoms with Gasteiger partial charge >= 0.3 is 6.03 Å². The highest BCUT2D eigenvalue weighted by molar-refractivity contribution is 7.99. The van der Waals surface area contributed by atoms with Crippen molar-refractivity contribution in [2.45, 2.75) is 18.9 Å². The molecule has 2 aromatic rings. The lowest BCUT2D eigenvalue weighted by atomic mass is 10.1. The average molecular weight is 373 g/mol. The zero-order valence-corrected chi connectivity index (χ0v) is 15.4. The molecule has 1 aromatic carbocycles. The predicted octanol–water partition coefficient (Wildman–Crippen LogP) is 1.71. The number of piperazine rings is 1. The summed E-state index contributed by atoms with van der Waals surface area (Å²) in [6.45, 7) is 3.49. The number of urea groups is 1. The van der Waals surface area contributed by atoms with Gasteiger partial charge in [0, 0.05) is 37.9 Å². The molecule has 2 aliphatic heterocycles. The molecule has 0 saturated carbocycles. The van der Waals surface area contributed by atoms with E-state index in [4.69, 9.17) is 0 Å². The molecule has 0 radical (unpaired) electrons. The number of aromatic nitrogens is 4. The van der Waals surface area contributed by atoms with Gasteiger partial charge in [0.1, 0.15) is 6.33 Å². The van der Waals surface area contributed by atoms with Gasteiger partial charge in [0.05, 0.1) is 5.69 Å². The van der Waals surface area contributed by atoms with E-state index in [0.717, 1.165) is 37.6 Å². The highest BCUT2D eigenvalue weighted by Crippen LogP contribution is 2.23. The van der Waals surface area contributed by atoms with Crippen LogP contribution in [-0.4, -0.2) is 79.8 Å². The van der Waals surface area contributed by atoms with Crippen LogP contribution in [0.5, 0.6) is 0 Å². The van der Waals surface area contributed by atoms with Gasteiger partial charge in [0.2, 0.25) is 0 Å². The smallest absolute Gasteiger partial charge is 0.321 e. The normalized spacial score (nSPS) is 19.5. The Balaban J connectivity index is 1.32. The summed E-state index contributed by atoms with van der Waals surface area (Å²) in [5.74, 6) is 2.53. The molecule has 2 fully saturated rings. The largest absolute Gasteiger partial charge is 0.322 e. The molecular weight excluding hydrogens is 350 g/mol. The quantitative estimate of drug-likeness (QED) is 0.882. The molecular formula is C17H23N7OS. The molecule has 8 nitrogen and oxygen atoms in total. The standard InChI is InChI=1S/C17H23N7OS/c25-17(19-14-2-1-3-16(12-14)24-13-18-20-21-24)23-8-6-22(7-9-23)15-4-10-26-11-5-15/h1-3,12-13,15H,4-11H2,(H,19,25). The van der Waals surface area contributed by atoms with Gasteiger partial charge in [-0.05, 0) is 53.0 Å². The lowest BCUT2D eigenvalue weighted by molar-refractivity contribution is 0.108. The molecule has 0 bridgehead atoms.